The summed E-state index contributed by atoms with van der Waals surface area (Å²) in [5.74, 6) is 1.05. The summed E-state index contributed by atoms with van der Waals surface area (Å²) < 4.78 is 0. The molecule has 2 heterocycles. The topological polar surface area (TPSA) is 30.0 Å². The summed E-state index contributed by atoms with van der Waals surface area (Å²) in [6.07, 6.45) is 0. The van der Waals surface area contributed by atoms with Gasteiger partial charge >= 0.3 is 0 Å². The van der Waals surface area contributed by atoms with Crippen LogP contribution in [0, 0.1) is 5.92 Å². The van der Waals surface area contributed by atoms with E-state index in [1.54, 1.807) is 0 Å². The van der Waals surface area contributed by atoms with Crippen LogP contribution in [0.25, 0.3) is 0 Å². The SMILES string of the molecule is CCN1CCN(C(=O)C(C)N2CCN(CC(C)C)CC2)CC1. The highest BCUT2D eigenvalue weighted by molar-refractivity contribution is 5.81. The molecule has 1 amide bonds. The van der Waals surface area contributed by atoms with Crippen molar-refractivity contribution >= 4 is 5.91 Å². The quantitative estimate of drug-likeness (QED) is 0.752. The molecule has 2 aliphatic rings. The lowest BCUT2D eigenvalue weighted by Crippen LogP contribution is -2.57. The first-order chi connectivity index (χ1) is 10.5. The van der Waals surface area contributed by atoms with Crippen molar-refractivity contribution in [2.75, 3.05) is 65.4 Å². The first kappa shape index (κ1) is 17.7. The minimum Gasteiger partial charge on any atom is -0.339 e. The number of likely N-dealkylation sites (N-methyl/N-ethyl adjacent to an activating group) is 1. The molecule has 0 radical (unpaired) electrons. The lowest BCUT2D eigenvalue weighted by atomic mass is 10.1. The van der Waals surface area contributed by atoms with Gasteiger partial charge in [0.05, 0.1) is 6.04 Å². The average Bonchev–Trinajstić information content (AvgIpc) is 2.54. The third kappa shape index (κ3) is 4.67. The van der Waals surface area contributed by atoms with Crippen molar-refractivity contribution in [2.45, 2.75) is 33.7 Å². The molecule has 0 spiro atoms. The first-order valence-corrected chi connectivity index (χ1v) is 8.98. The minimum absolute atomic E-state index is 0.0365. The van der Waals surface area contributed by atoms with Crippen LogP contribution in [-0.4, -0.2) is 97.0 Å². The van der Waals surface area contributed by atoms with Gasteiger partial charge in [-0.2, -0.15) is 0 Å². The molecule has 0 bridgehead atoms. The van der Waals surface area contributed by atoms with E-state index in [1.165, 1.54) is 6.54 Å². The Labute approximate surface area is 136 Å². The van der Waals surface area contributed by atoms with E-state index in [9.17, 15) is 4.79 Å². The molecule has 2 aliphatic heterocycles. The third-order valence-electron chi connectivity index (χ3n) is 5.07. The lowest BCUT2D eigenvalue weighted by Gasteiger charge is -2.41. The number of nitrogens with zero attached hydrogens (tertiary/aromatic N) is 4. The van der Waals surface area contributed by atoms with Gasteiger partial charge in [-0.05, 0) is 19.4 Å². The van der Waals surface area contributed by atoms with Gasteiger partial charge in [-0.3, -0.25) is 9.69 Å². The van der Waals surface area contributed by atoms with Gasteiger partial charge in [-0.1, -0.05) is 20.8 Å². The Balaban J connectivity index is 1.77. The van der Waals surface area contributed by atoms with Crippen LogP contribution < -0.4 is 0 Å². The van der Waals surface area contributed by atoms with Gasteiger partial charge in [-0.25, -0.2) is 0 Å². The molecule has 5 nitrogen and oxygen atoms in total. The van der Waals surface area contributed by atoms with Crippen LogP contribution in [0.3, 0.4) is 0 Å². The maximum atomic E-state index is 12.7. The fraction of sp³-hybridized carbons (Fsp3) is 0.941. The molecule has 0 aromatic carbocycles. The highest BCUT2D eigenvalue weighted by Gasteiger charge is 2.30. The number of hydrogen-bond acceptors (Lipinski definition) is 4. The predicted molar refractivity (Wildman–Crippen MR) is 91.0 cm³/mol. The number of carbonyl (C=O) groups excluding carboxylic acids is 1. The van der Waals surface area contributed by atoms with E-state index in [0.29, 0.717) is 5.91 Å². The second-order valence-corrected chi connectivity index (χ2v) is 7.17. The minimum atomic E-state index is 0.0365. The largest absolute Gasteiger partial charge is 0.339 e. The van der Waals surface area contributed by atoms with Crippen LogP contribution >= 0.6 is 0 Å². The molecular weight excluding hydrogens is 276 g/mol. The number of rotatable bonds is 5. The van der Waals surface area contributed by atoms with Crippen molar-refractivity contribution in [3.8, 4) is 0 Å². The second-order valence-electron chi connectivity index (χ2n) is 7.17. The van der Waals surface area contributed by atoms with Crippen molar-refractivity contribution < 1.29 is 4.79 Å². The van der Waals surface area contributed by atoms with Crippen LogP contribution in [0.2, 0.25) is 0 Å². The maximum absolute atomic E-state index is 12.7. The molecular formula is C17H34N4O. The zero-order chi connectivity index (χ0) is 16.1. The number of piperazine rings is 2. The van der Waals surface area contributed by atoms with Gasteiger partial charge in [0.15, 0.2) is 0 Å². The second kappa shape index (κ2) is 8.27. The standard InChI is InChI=1S/C17H34N4O/c1-5-18-6-12-21(13-7-18)17(22)16(4)20-10-8-19(9-11-20)14-15(2)3/h15-16H,5-14H2,1-4H3. The molecule has 1 atom stereocenters. The summed E-state index contributed by atoms with van der Waals surface area (Å²) in [5.41, 5.74) is 0. The Morgan fingerprint density at radius 3 is 1.91 bits per heavy atom. The molecule has 0 aliphatic carbocycles. The maximum Gasteiger partial charge on any atom is 0.239 e. The smallest absolute Gasteiger partial charge is 0.239 e. The van der Waals surface area contributed by atoms with Gasteiger partial charge in [0, 0.05) is 58.9 Å². The fourth-order valence-corrected chi connectivity index (χ4v) is 3.55. The van der Waals surface area contributed by atoms with E-state index in [4.69, 9.17) is 0 Å². The van der Waals surface area contributed by atoms with Crippen molar-refractivity contribution in [1.82, 2.24) is 19.6 Å². The van der Waals surface area contributed by atoms with Crippen LogP contribution in [-0.2, 0) is 4.79 Å². The molecule has 0 aromatic heterocycles. The normalized spacial score (nSPS) is 24.0. The number of carbonyl (C=O) groups is 1. The molecule has 0 aromatic rings. The van der Waals surface area contributed by atoms with E-state index >= 15 is 0 Å². The Morgan fingerprint density at radius 1 is 0.864 bits per heavy atom. The van der Waals surface area contributed by atoms with Gasteiger partial charge < -0.3 is 14.7 Å². The molecule has 2 fully saturated rings. The Bertz CT molecular complexity index is 345. The summed E-state index contributed by atoms with van der Waals surface area (Å²) in [6, 6.07) is 0.0365. The zero-order valence-corrected chi connectivity index (χ0v) is 14.9. The first-order valence-electron chi connectivity index (χ1n) is 8.98. The predicted octanol–water partition coefficient (Wildman–Crippen LogP) is 0.813. The molecule has 1 unspecified atom stereocenters. The van der Waals surface area contributed by atoms with Crippen LogP contribution in [0.1, 0.15) is 27.7 Å². The van der Waals surface area contributed by atoms with Crippen LogP contribution in [0.15, 0.2) is 0 Å². The van der Waals surface area contributed by atoms with Gasteiger partial charge in [0.1, 0.15) is 0 Å². The van der Waals surface area contributed by atoms with Crippen molar-refractivity contribution in [1.29, 1.82) is 0 Å². The van der Waals surface area contributed by atoms with Gasteiger partial charge in [0.2, 0.25) is 5.91 Å². The molecule has 2 saturated heterocycles. The van der Waals surface area contributed by atoms with E-state index in [1.807, 2.05) is 0 Å². The number of amides is 1. The fourth-order valence-electron chi connectivity index (χ4n) is 3.55. The van der Waals surface area contributed by atoms with Crippen LogP contribution in [0.4, 0.5) is 0 Å². The van der Waals surface area contributed by atoms with E-state index in [-0.39, 0.29) is 6.04 Å². The highest BCUT2D eigenvalue weighted by Crippen LogP contribution is 2.12. The molecule has 22 heavy (non-hydrogen) atoms. The summed E-state index contributed by atoms with van der Waals surface area (Å²) >= 11 is 0. The van der Waals surface area contributed by atoms with Crippen molar-refractivity contribution in [3.05, 3.63) is 0 Å². The van der Waals surface area contributed by atoms with Gasteiger partial charge in [0.25, 0.3) is 0 Å². The van der Waals surface area contributed by atoms with E-state index in [0.717, 1.165) is 64.8 Å². The molecule has 128 valence electrons. The lowest BCUT2D eigenvalue weighted by molar-refractivity contribution is -0.138. The van der Waals surface area contributed by atoms with E-state index < -0.39 is 0 Å². The van der Waals surface area contributed by atoms with Crippen LogP contribution in [0.5, 0.6) is 0 Å². The molecule has 2 rings (SSSR count). The van der Waals surface area contributed by atoms with Crippen molar-refractivity contribution in [2.24, 2.45) is 5.92 Å². The molecule has 0 saturated carbocycles. The molecule has 5 heteroatoms. The van der Waals surface area contributed by atoms with Crippen molar-refractivity contribution in [3.63, 3.8) is 0 Å². The summed E-state index contributed by atoms with van der Waals surface area (Å²) in [4.78, 5) is 22.1. The van der Waals surface area contributed by atoms with E-state index in [2.05, 4.69) is 47.3 Å². The summed E-state index contributed by atoms with van der Waals surface area (Å²) in [7, 11) is 0. The highest BCUT2D eigenvalue weighted by atomic mass is 16.2. The molecule has 0 N–H and O–H groups in total. The summed E-state index contributed by atoms with van der Waals surface area (Å²) in [5, 5.41) is 0. The third-order valence-corrected chi connectivity index (χ3v) is 5.07. The zero-order valence-electron chi connectivity index (χ0n) is 14.9. The Kier molecular flexibility index (Phi) is 6.66. The Morgan fingerprint density at radius 2 is 1.41 bits per heavy atom. The Hall–Kier alpha value is -0.650. The number of hydrogen-bond donors (Lipinski definition) is 0. The monoisotopic (exact) mass is 310 g/mol. The summed E-state index contributed by atoms with van der Waals surface area (Å²) in [6.45, 7) is 19.2. The average molecular weight is 310 g/mol. The van der Waals surface area contributed by atoms with Gasteiger partial charge in [-0.15, -0.1) is 0 Å².